The van der Waals surface area contributed by atoms with Crippen molar-refractivity contribution >= 4 is 21.8 Å². The van der Waals surface area contributed by atoms with Crippen LogP contribution < -0.4 is 11.1 Å². The van der Waals surface area contributed by atoms with Gasteiger partial charge in [0.1, 0.15) is 5.54 Å². The first-order valence-electron chi connectivity index (χ1n) is 7.85. The molecule has 0 aliphatic rings. The Morgan fingerprint density at radius 1 is 1.17 bits per heavy atom. The Labute approximate surface area is 152 Å². The average Bonchev–Trinajstić information content (AvgIpc) is 2.52. The van der Waals surface area contributed by atoms with E-state index in [1.54, 1.807) is 6.92 Å². The smallest absolute Gasteiger partial charge is 0.244 e. The molecule has 128 valence electrons. The first-order valence-corrected chi connectivity index (χ1v) is 8.64. The molecular formula is C19H24BrN3O. The zero-order chi connectivity index (χ0) is 17.7. The van der Waals surface area contributed by atoms with Crippen molar-refractivity contribution in [3.05, 3.63) is 69.7 Å². The van der Waals surface area contributed by atoms with E-state index in [0.29, 0.717) is 6.54 Å². The lowest BCUT2D eigenvalue weighted by Gasteiger charge is -2.24. The van der Waals surface area contributed by atoms with Crippen LogP contribution in [0.5, 0.6) is 0 Å². The van der Waals surface area contributed by atoms with E-state index in [1.807, 2.05) is 50.5 Å². The molecular weight excluding hydrogens is 366 g/mol. The van der Waals surface area contributed by atoms with Crippen molar-refractivity contribution in [2.24, 2.45) is 5.73 Å². The van der Waals surface area contributed by atoms with Gasteiger partial charge in [0, 0.05) is 17.6 Å². The summed E-state index contributed by atoms with van der Waals surface area (Å²) in [7, 11) is 4.07. The van der Waals surface area contributed by atoms with Gasteiger partial charge in [0.05, 0.1) is 0 Å². The number of hydrogen-bond acceptors (Lipinski definition) is 3. The van der Waals surface area contributed by atoms with Crippen LogP contribution in [0.15, 0.2) is 53.0 Å². The molecule has 1 unspecified atom stereocenters. The van der Waals surface area contributed by atoms with Gasteiger partial charge in [-0.1, -0.05) is 52.3 Å². The average molecular weight is 390 g/mol. The quantitative estimate of drug-likeness (QED) is 0.797. The van der Waals surface area contributed by atoms with Gasteiger partial charge in [-0.3, -0.25) is 4.79 Å². The van der Waals surface area contributed by atoms with Crippen molar-refractivity contribution in [1.82, 2.24) is 10.2 Å². The number of amides is 1. The molecule has 24 heavy (non-hydrogen) atoms. The maximum Gasteiger partial charge on any atom is 0.244 e. The lowest BCUT2D eigenvalue weighted by molar-refractivity contribution is -0.126. The van der Waals surface area contributed by atoms with Crippen LogP contribution in [0.25, 0.3) is 0 Å². The number of nitrogens with zero attached hydrogens (tertiary/aromatic N) is 1. The molecule has 0 aromatic heterocycles. The van der Waals surface area contributed by atoms with Crippen molar-refractivity contribution in [1.29, 1.82) is 0 Å². The zero-order valence-corrected chi connectivity index (χ0v) is 15.9. The SMILES string of the molecule is CN(C)Cc1cccc(CNC(=O)C(C)(N)c2ccc(Br)cc2)c1. The molecule has 0 spiro atoms. The molecule has 0 saturated carbocycles. The van der Waals surface area contributed by atoms with Gasteiger partial charge in [0.25, 0.3) is 0 Å². The van der Waals surface area contributed by atoms with Crippen LogP contribution in [0.2, 0.25) is 0 Å². The molecule has 0 heterocycles. The van der Waals surface area contributed by atoms with Crippen molar-refractivity contribution in [3.63, 3.8) is 0 Å². The van der Waals surface area contributed by atoms with Gasteiger partial charge in [-0.05, 0) is 49.8 Å². The van der Waals surface area contributed by atoms with Gasteiger partial charge in [-0.2, -0.15) is 0 Å². The van der Waals surface area contributed by atoms with E-state index in [-0.39, 0.29) is 5.91 Å². The third kappa shape index (κ3) is 4.90. The van der Waals surface area contributed by atoms with Gasteiger partial charge >= 0.3 is 0 Å². The fourth-order valence-electron chi connectivity index (χ4n) is 2.50. The maximum absolute atomic E-state index is 12.5. The first-order chi connectivity index (χ1) is 11.3. The number of halogens is 1. The van der Waals surface area contributed by atoms with E-state index in [2.05, 4.69) is 38.3 Å². The van der Waals surface area contributed by atoms with Gasteiger partial charge in [-0.25, -0.2) is 0 Å². The normalized spacial score (nSPS) is 13.6. The number of benzene rings is 2. The molecule has 2 aromatic rings. The van der Waals surface area contributed by atoms with E-state index in [0.717, 1.165) is 22.1 Å². The van der Waals surface area contributed by atoms with E-state index in [4.69, 9.17) is 5.73 Å². The third-order valence-electron chi connectivity index (χ3n) is 3.86. The summed E-state index contributed by atoms with van der Waals surface area (Å²) in [4.78, 5) is 14.6. The zero-order valence-electron chi connectivity index (χ0n) is 14.3. The second-order valence-corrected chi connectivity index (χ2v) is 7.37. The molecule has 0 bridgehead atoms. The predicted octanol–water partition coefficient (Wildman–Crippen LogP) is 3.00. The molecule has 1 atom stereocenters. The van der Waals surface area contributed by atoms with Crippen LogP contribution in [0.1, 0.15) is 23.6 Å². The monoisotopic (exact) mass is 389 g/mol. The Morgan fingerprint density at radius 2 is 1.79 bits per heavy atom. The fourth-order valence-corrected chi connectivity index (χ4v) is 2.76. The number of rotatable bonds is 6. The molecule has 3 N–H and O–H groups in total. The van der Waals surface area contributed by atoms with Crippen molar-refractivity contribution in [2.75, 3.05) is 14.1 Å². The minimum Gasteiger partial charge on any atom is -0.350 e. The standard InChI is InChI=1S/C19H24BrN3O/c1-19(21,16-7-9-17(20)10-8-16)18(24)22-12-14-5-4-6-15(11-14)13-23(2)3/h4-11H,12-13,21H2,1-3H3,(H,22,24). The molecule has 0 fully saturated rings. The number of nitrogens with two attached hydrogens (primary N) is 1. The van der Waals surface area contributed by atoms with E-state index < -0.39 is 5.54 Å². The van der Waals surface area contributed by atoms with Crippen molar-refractivity contribution < 1.29 is 4.79 Å². The highest BCUT2D eigenvalue weighted by Crippen LogP contribution is 2.20. The Hall–Kier alpha value is -1.69. The van der Waals surface area contributed by atoms with Gasteiger partial charge < -0.3 is 16.0 Å². The minimum atomic E-state index is -1.07. The summed E-state index contributed by atoms with van der Waals surface area (Å²) in [6, 6.07) is 15.7. The second-order valence-electron chi connectivity index (χ2n) is 6.45. The van der Waals surface area contributed by atoms with Crippen LogP contribution in [0.4, 0.5) is 0 Å². The number of carbonyl (C=O) groups excluding carboxylic acids is 1. The topological polar surface area (TPSA) is 58.4 Å². The molecule has 4 nitrogen and oxygen atoms in total. The summed E-state index contributed by atoms with van der Waals surface area (Å²) in [6.07, 6.45) is 0. The molecule has 2 rings (SSSR count). The van der Waals surface area contributed by atoms with Gasteiger partial charge in [0.2, 0.25) is 5.91 Å². The van der Waals surface area contributed by atoms with Crippen LogP contribution in [0.3, 0.4) is 0 Å². The summed E-state index contributed by atoms with van der Waals surface area (Å²) in [6.45, 7) is 3.06. The Morgan fingerprint density at radius 3 is 2.42 bits per heavy atom. The highest BCUT2D eigenvalue weighted by Gasteiger charge is 2.30. The molecule has 5 heteroatoms. The molecule has 0 aliphatic carbocycles. The largest absolute Gasteiger partial charge is 0.350 e. The third-order valence-corrected chi connectivity index (χ3v) is 4.39. The maximum atomic E-state index is 12.5. The summed E-state index contributed by atoms with van der Waals surface area (Å²) < 4.78 is 0.958. The van der Waals surface area contributed by atoms with Gasteiger partial charge in [-0.15, -0.1) is 0 Å². The summed E-state index contributed by atoms with van der Waals surface area (Å²) in [5.74, 6) is -0.192. The Balaban J connectivity index is 2.03. The highest BCUT2D eigenvalue weighted by atomic mass is 79.9. The minimum absolute atomic E-state index is 0.192. The summed E-state index contributed by atoms with van der Waals surface area (Å²) >= 11 is 3.39. The molecule has 0 saturated heterocycles. The van der Waals surface area contributed by atoms with E-state index >= 15 is 0 Å². The molecule has 1 amide bonds. The molecule has 0 aliphatic heterocycles. The Kier molecular flexibility index (Phi) is 6.15. The first kappa shape index (κ1) is 18.6. The lowest BCUT2D eigenvalue weighted by atomic mass is 9.92. The second kappa shape index (κ2) is 7.92. The van der Waals surface area contributed by atoms with E-state index in [1.165, 1.54) is 5.56 Å². The van der Waals surface area contributed by atoms with Gasteiger partial charge in [0.15, 0.2) is 0 Å². The van der Waals surface area contributed by atoms with Crippen molar-refractivity contribution in [3.8, 4) is 0 Å². The predicted molar refractivity (Wildman–Crippen MR) is 101 cm³/mol. The lowest BCUT2D eigenvalue weighted by Crippen LogP contribution is -2.48. The van der Waals surface area contributed by atoms with Crippen LogP contribution in [0, 0.1) is 0 Å². The summed E-state index contributed by atoms with van der Waals surface area (Å²) in [5, 5.41) is 2.94. The van der Waals surface area contributed by atoms with E-state index in [9.17, 15) is 4.79 Å². The van der Waals surface area contributed by atoms with Crippen LogP contribution >= 0.6 is 15.9 Å². The van der Waals surface area contributed by atoms with Crippen LogP contribution in [-0.2, 0) is 23.4 Å². The van der Waals surface area contributed by atoms with Crippen LogP contribution in [-0.4, -0.2) is 24.9 Å². The molecule has 0 radical (unpaired) electrons. The fraction of sp³-hybridized carbons (Fsp3) is 0.316. The summed E-state index contributed by atoms with van der Waals surface area (Å²) in [5.41, 5.74) is 8.25. The number of nitrogens with one attached hydrogen (secondary N) is 1. The Bertz CT molecular complexity index is 696. The molecule has 2 aromatic carbocycles. The number of carbonyl (C=O) groups is 1. The number of hydrogen-bond donors (Lipinski definition) is 2. The van der Waals surface area contributed by atoms with Crippen molar-refractivity contribution in [2.45, 2.75) is 25.6 Å². The highest BCUT2D eigenvalue weighted by molar-refractivity contribution is 9.10.